The molecule has 2 amide bonds. The molecule has 0 bridgehead atoms. The standard InChI is InChI=1S/C26H32F3N3O2.C8H6F2O2/c1-18(2)24(33)31-21-9-10-23(27)22(17-21)19-11-15-32(16-12-19)14-6-13-30-25(34)26(28,29)20-7-4-3-5-8-20;9-8(10,7(11)12)6-4-2-1-3-5-6/h3-5,7-10,17-19H,6,11-16H2,1-2H3,(H,30,34)(H,31,33);1-5H,(H,11,12). The lowest BCUT2D eigenvalue weighted by Gasteiger charge is -2.32. The third-order valence-corrected chi connectivity index (χ3v) is 7.58. The topological polar surface area (TPSA) is 98.7 Å². The van der Waals surface area contributed by atoms with Gasteiger partial charge in [-0.1, -0.05) is 74.5 Å². The number of anilines is 1. The molecule has 0 aromatic heterocycles. The second-order valence-electron chi connectivity index (χ2n) is 11.3. The number of carbonyl (C=O) groups is 3. The molecule has 12 heteroatoms. The van der Waals surface area contributed by atoms with Crippen LogP contribution in [0.1, 0.15) is 55.7 Å². The number of rotatable bonds is 11. The third kappa shape index (κ3) is 9.84. The molecule has 7 nitrogen and oxygen atoms in total. The molecule has 0 saturated carbocycles. The van der Waals surface area contributed by atoms with Gasteiger partial charge in [0, 0.05) is 29.3 Å². The number of alkyl halides is 4. The average molecular weight is 648 g/mol. The van der Waals surface area contributed by atoms with Gasteiger partial charge in [-0.2, -0.15) is 17.6 Å². The van der Waals surface area contributed by atoms with Crippen LogP contribution in [0.2, 0.25) is 0 Å². The number of nitrogens with one attached hydrogen (secondary N) is 2. The van der Waals surface area contributed by atoms with E-state index in [1.807, 2.05) is 0 Å². The fourth-order valence-corrected chi connectivity index (χ4v) is 4.85. The van der Waals surface area contributed by atoms with Gasteiger partial charge >= 0.3 is 17.8 Å². The Hall–Kier alpha value is -4.32. The van der Waals surface area contributed by atoms with Gasteiger partial charge < -0.3 is 20.6 Å². The van der Waals surface area contributed by atoms with Crippen molar-refractivity contribution in [3.05, 3.63) is 101 Å². The van der Waals surface area contributed by atoms with E-state index in [2.05, 4.69) is 15.5 Å². The lowest BCUT2D eigenvalue weighted by atomic mass is 9.88. The zero-order valence-corrected chi connectivity index (χ0v) is 25.6. The van der Waals surface area contributed by atoms with Crippen LogP contribution in [0, 0.1) is 11.7 Å². The molecular formula is C34H38F5N3O4. The van der Waals surface area contributed by atoms with E-state index in [9.17, 15) is 36.3 Å². The molecule has 3 N–H and O–H groups in total. The first-order valence-corrected chi connectivity index (χ1v) is 14.9. The Morgan fingerprint density at radius 3 is 1.93 bits per heavy atom. The maximum atomic E-state index is 14.5. The third-order valence-electron chi connectivity index (χ3n) is 7.58. The second-order valence-corrected chi connectivity index (χ2v) is 11.3. The fraction of sp³-hybridized carbons (Fsp3) is 0.382. The van der Waals surface area contributed by atoms with Gasteiger partial charge in [-0.25, -0.2) is 9.18 Å². The summed E-state index contributed by atoms with van der Waals surface area (Å²) in [5.74, 6) is -11.3. The van der Waals surface area contributed by atoms with Crippen LogP contribution in [-0.4, -0.2) is 54.0 Å². The normalized spacial score (nSPS) is 14.3. The number of aliphatic carboxylic acids is 1. The minimum Gasteiger partial charge on any atom is -0.477 e. The Morgan fingerprint density at radius 2 is 1.41 bits per heavy atom. The molecule has 3 aromatic carbocycles. The van der Waals surface area contributed by atoms with E-state index in [4.69, 9.17) is 5.11 Å². The van der Waals surface area contributed by atoms with Crippen molar-refractivity contribution in [2.45, 2.75) is 50.9 Å². The Labute approximate surface area is 264 Å². The van der Waals surface area contributed by atoms with Crippen LogP contribution < -0.4 is 10.6 Å². The van der Waals surface area contributed by atoms with Crippen LogP contribution in [0.15, 0.2) is 78.9 Å². The highest BCUT2D eigenvalue weighted by atomic mass is 19.3. The summed E-state index contributed by atoms with van der Waals surface area (Å²) in [6.45, 7) is 5.93. The lowest BCUT2D eigenvalue weighted by Crippen LogP contribution is -2.40. The molecular weight excluding hydrogens is 609 g/mol. The summed E-state index contributed by atoms with van der Waals surface area (Å²) < 4.78 is 68.3. The summed E-state index contributed by atoms with van der Waals surface area (Å²) in [6, 6.07) is 18.2. The number of nitrogens with zero attached hydrogens (tertiary/aromatic N) is 1. The molecule has 1 aliphatic rings. The lowest BCUT2D eigenvalue weighted by molar-refractivity contribution is -0.166. The number of benzene rings is 3. The van der Waals surface area contributed by atoms with Crippen molar-refractivity contribution in [1.29, 1.82) is 0 Å². The maximum Gasteiger partial charge on any atom is 0.379 e. The van der Waals surface area contributed by atoms with E-state index in [-0.39, 0.29) is 35.7 Å². The van der Waals surface area contributed by atoms with E-state index in [0.717, 1.165) is 38.1 Å². The van der Waals surface area contributed by atoms with Crippen molar-refractivity contribution in [3.63, 3.8) is 0 Å². The highest BCUT2D eigenvalue weighted by molar-refractivity contribution is 5.92. The van der Waals surface area contributed by atoms with E-state index >= 15 is 0 Å². The van der Waals surface area contributed by atoms with Crippen LogP contribution in [0.4, 0.5) is 27.6 Å². The smallest absolute Gasteiger partial charge is 0.379 e. The number of carboxylic acids is 1. The molecule has 46 heavy (non-hydrogen) atoms. The summed E-state index contributed by atoms with van der Waals surface area (Å²) in [5, 5.41) is 13.3. The SMILES string of the molecule is CC(C)C(=O)Nc1ccc(F)c(C2CCN(CCCNC(=O)C(F)(F)c3ccccc3)CC2)c1.O=C(O)C(F)(F)c1ccccc1. The van der Waals surface area contributed by atoms with Crippen LogP contribution in [0.25, 0.3) is 0 Å². The summed E-state index contributed by atoms with van der Waals surface area (Å²) in [5.41, 5.74) is 0.379. The van der Waals surface area contributed by atoms with Crippen molar-refractivity contribution >= 4 is 23.5 Å². The average Bonchev–Trinajstić information content (AvgIpc) is 3.05. The Morgan fingerprint density at radius 1 is 0.870 bits per heavy atom. The number of likely N-dealkylation sites (tertiary alicyclic amines) is 1. The molecule has 1 fully saturated rings. The summed E-state index contributed by atoms with van der Waals surface area (Å²) >= 11 is 0. The van der Waals surface area contributed by atoms with E-state index in [0.29, 0.717) is 24.2 Å². The van der Waals surface area contributed by atoms with Crippen molar-refractivity contribution in [3.8, 4) is 0 Å². The van der Waals surface area contributed by atoms with Gasteiger partial charge in [0.1, 0.15) is 5.82 Å². The number of hydrogen-bond acceptors (Lipinski definition) is 4. The fourth-order valence-electron chi connectivity index (χ4n) is 4.85. The van der Waals surface area contributed by atoms with Gasteiger partial charge in [0.25, 0.3) is 5.91 Å². The van der Waals surface area contributed by atoms with Gasteiger partial charge in [-0.15, -0.1) is 0 Å². The summed E-state index contributed by atoms with van der Waals surface area (Å²) in [4.78, 5) is 36.2. The first-order valence-electron chi connectivity index (χ1n) is 14.9. The molecule has 0 radical (unpaired) electrons. The molecule has 1 saturated heterocycles. The highest BCUT2D eigenvalue weighted by Crippen LogP contribution is 2.32. The molecule has 0 aliphatic carbocycles. The van der Waals surface area contributed by atoms with Crippen LogP contribution in [0.5, 0.6) is 0 Å². The van der Waals surface area contributed by atoms with Gasteiger partial charge in [0.15, 0.2) is 0 Å². The molecule has 1 heterocycles. The zero-order chi connectivity index (χ0) is 33.9. The number of hydrogen-bond donors (Lipinski definition) is 3. The first kappa shape index (κ1) is 36.2. The van der Waals surface area contributed by atoms with Gasteiger partial charge in [0.05, 0.1) is 0 Å². The quantitative estimate of drug-likeness (QED) is 0.158. The molecule has 0 spiro atoms. The zero-order valence-electron chi connectivity index (χ0n) is 25.6. The maximum absolute atomic E-state index is 14.5. The first-order chi connectivity index (χ1) is 21.7. The number of amides is 2. The van der Waals surface area contributed by atoms with Crippen molar-refractivity contribution in [2.75, 3.05) is 31.5 Å². The number of halogens is 5. The predicted octanol–water partition coefficient (Wildman–Crippen LogP) is 6.76. The monoisotopic (exact) mass is 647 g/mol. The molecule has 0 unspecified atom stereocenters. The van der Waals surface area contributed by atoms with E-state index in [1.54, 1.807) is 38.1 Å². The van der Waals surface area contributed by atoms with Gasteiger partial charge in [-0.3, -0.25) is 9.59 Å². The van der Waals surface area contributed by atoms with Gasteiger partial charge in [-0.05, 0) is 68.6 Å². The molecule has 248 valence electrons. The van der Waals surface area contributed by atoms with E-state index in [1.165, 1.54) is 42.5 Å². The highest BCUT2D eigenvalue weighted by Gasteiger charge is 2.41. The van der Waals surface area contributed by atoms with Crippen LogP contribution >= 0.6 is 0 Å². The molecule has 4 rings (SSSR count). The van der Waals surface area contributed by atoms with Crippen LogP contribution in [0.3, 0.4) is 0 Å². The Balaban J connectivity index is 0.000000402. The number of carboxylic acid groups (broad SMARTS) is 1. The molecule has 0 atom stereocenters. The minimum absolute atomic E-state index is 0.0522. The predicted molar refractivity (Wildman–Crippen MR) is 164 cm³/mol. The Bertz CT molecular complexity index is 1450. The Kier molecular flexibility index (Phi) is 12.8. The molecule has 3 aromatic rings. The van der Waals surface area contributed by atoms with Crippen molar-refractivity contribution in [1.82, 2.24) is 10.2 Å². The summed E-state index contributed by atoms with van der Waals surface area (Å²) in [6.07, 6.45) is 2.07. The van der Waals surface area contributed by atoms with Crippen LogP contribution in [-0.2, 0) is 26.2 Å². The van der Waals surface area contributed by atoms with Crippen molar-refractivity contribution in [2.24, 2.45) is 5.92 Å². The minimum atomic E-state index is -3.79. The van der Waals surface area contributed by atoms with E-state index < -0.39 is 29.3 Å². The number of piperidine rings is 1. The van der Waals surface area contributed by atoms with Gasteiger partial charge in [0.2, 0.25) is 5.91 Å². The van der Waals surface area contributed by atoms with Crippen molar-refractivity contribution < 1.29 is 41.4 Å². The molecule has 1 aliphatic heterocycles. The largest absolute Gasteiger partial charge is 0.477 e. The number of carbonyl (C=O) groups excluding carboxylic acids is 2. The second kappa shape index (κ2) is 16.3. The summed E-state index contributed by atoms with van der Waals surface area (Å²) in [7, 11) is 0.